The van der Waals surface area contributed by atoms with Gasteiger partial charge in [0, 0.05) is 30.7 Å². The van der Waals surface area contributed by atoms with Crippen LogP contribution in [-0.2, 0) is 17.3 Å². The van der Waals surface area contributed by atoms with Gasteiger partial charge in [0.2, 0.25) is 11.7 Å². The lowest BCUT2D eigenvalue weighted by atomic mass is 9.95. The Hall–Kier alpha value is -3.21. The highest BCUT2D eigenvalue weighted by atomic mass is 16.2. The van der Waals surface area contributed by atoms with Crippen molar-refractivity contribution in [3.63, 3.8) is 0 Å². The smallest absolute Gasteiger partial charge is 0.235 e. The Bertz CT molecular complexity index is 954. The highest BCUT2D eigenvalue weighted by molar-refractivity contribution is 6.07. The van der Waals surface area contributed by atoms with Gasteiger partial charge in [0.05, 0.1) is 5.41 Å². The first-order chi connectivity index (χ1) is 12.6. The minimum absolute atomic E-state index is 0.00637. The molecule has 0 atom stereocenters. The van der Waals surface area contributed by atoms with E-state index in [1.807, 2.05) is 30.3 Å². The molecular formula is C21H19N3O2. The number of benzene rings is 2. The molecule has 1 N–H and O–H groups in total. The summed E-state index contributed by atoms with van der Waals surface area (Å²) in [4.78, 5) is 29.3. The molecule has 3 aromatic rings. The molecule has 0 aliphatic heterocycles. The number of amides is 1. The number of hydrogen-bond donors (Lipinski definition) is 1. The number of aryl methyl sites for hydroxylation is 1. The molecule has 0 bridgehead atoms. The third-order valence-electron chi connectivity index (χ3n) is 4.94. The molecule has 1 aliphatic rings. The average molecular weight is 345 g/mol. The summed E-state index contributed by atoms with van der Waals surface area (Å²) in [5.41, 5.74) is 1.87. The predicted molar refractivity (Wildman–Crippen MR) is 99.1 cm³/mol. The number of nitrogens with zero attached hydrogens (tertiary/aromatic N) is 2. The fourth-order valence-corrected chi connectivity index (χ4v) is 3.20. The molecule has 26 heavy (non-hydrogen) atoms. The maximum Gasteiger partial charge on any atom is 0.235 e. The van der Waals surface area contributed by atoms with E-state index in [0.717, 1.165) is 18.4 Å². The zero-order valence-corrected chi connectivity index (χ0v) is 14.5. The van der Waals surface area contributed by atoms with Gasteiger partial charge in [0.15, 0.2) is 5.82 Å². The summed E-state index contributed by atoms with van der Waals surface area (Å²) >= 11 is 0. The lowest BCUT2D eigenvalue weighted by Gasteiger charge is -2.16. The number of nitrogens with one attached hydrogen (secondary N) is 1. The van der Waals surface area contributed by atoms with Crippen molar-refractivity contribution in [2.75, 3.05) is 5.32 Å². The van der Waals surface area contributed by atoms with Crippen molar-refractivity contribution in [3.8, 4) is 0 Å². The van der Waals surface area contributed by atoms with Crippen LogP contribution >= 0.6 is 0 Å². The van der Waals surface area contributed by atoms with E-state index in [1.54, 1.807) is 48.3 Å². The number of carbonyl (C=O) groups excluding carboxylic acids is 2. The van der Waals surface area contributed by atoms with E-state index in [2.05, 4.69) is 10.3 Å². The second-order valence-corrected chi connectivity index (χ2v) is 6.67. The monoisotopic (exact) mass is 345 g/mol. The van der Waals surface area contributed by atoms with E-state index in [0.29, 0.717) is 17.1 Å². The van der Waals surface area contributed by atoms with E-state index >= 15 is 0 Å². The number of hydrogen-bond acceptors (Lipinski definition) is 3. The van der Waals surface area contributed by atoms with Gasteiger partial charge in [-0.15, -0.1) is 0 Å². The second-order valence-electron chi connectivity index (χ2n) is 6.67. The van der Waals surface area contributed by atoms with Gasteiger partial charge in [-0.1, -0.05) is 30.3 Å². The zero-order valence-electron chi connectivity index (χ0n) is 14.5. The lowest BCUT2D eigenvalue weighted by Crippen LogP contribution is -2.27. The van der Waals surface area contributed by atoms with Crippen molar-refractivity contribution in [1.29, 1.82) is 0 Å². The van der Waals surface area contributed by atoms with Crippen LogP contribution < -0.4 is 5.32 Å². The number of aromatic nitrogens is 2. The van der Waals surface area contributed by atoms with Crippen molar-refractivity contribution in [3.05, 3.63) is 83.9 Å². The first-order valence-electron chi connectivity index (χ1n) is 8.59. The third-order valence-corrected chi connectivity index (χ3v) is 4.94. The van der Waals surface area contributed by atoms with Crippen LogP contribution in [0.2, 0.25) is 0 Å². The van der Waals surface area contributed by atoms with Crippen LogP contribution in [0.5, 0.6) is 0 Å². The SMILES string of the molecule is Cn1ccnc1C(=O)c1ccc(NC(=O)C2(c3ccccc3)CC2)cc1. The Morgan fingerprint density at radius 3 is 2.31 bits per heavy atom. The molecule has 0 radical (unpaired) electrons. The van der Waals surface area contributed by atoms with Gasteiger partial charge in [-0.25, -0.2) is 4.98 Å². The van der Waals surface area contributed by atoms with E-state index < -0.39 is 5.41 Å². The summed E-state index contributed by atoms with van der Waals surface area (Å²) in [6, 6.07) is 16.8. The summed E-state index contributed by atoms with van der Waals surface area (Å²) in [5.74, 6) is 0.257. The Kier molecular flexibility index (Phi) is 3.92. The zero-order chi connectivity index (χ0) is 18.1. The van der Waals surface area contributed by atoms with Gasteiger partial charge in [-0.2, -0.15) is 0 Å². The van der Waals surface area contributed by atoms with E-state index in [4.69, 9.17) is 0 Å². The predicted octanol–water partition coefficient (Wildman–Crippen LogP) is 3.32. The molecule has 1 fully saturated rings. The number of ketones is 1. The second kappa shape index (κ2) is 6.26. The number of carbonyl (C=O) groups is 2. The van der Waals surface area contributed by atoms with Crippen molar-refractivity contribution in [2.24, 2.45) is 7.05 Å². The molecule has 4 rings (SSSR count). The van der Waals surface area contributed by atoms with E-state index in [-0.39, 0.29) is 11.7 Å². The minimum Gasteiger partial charge on any atom is -0.331 e. The van der Waals surface area contributed by atoms with Gasteiger partial charge in [0.25, 0.3) is 0 Å². The minimum atomic E-state index is -0.414. The van der Waals surface area contributed by atoms with Gasteiger partial charge >= 0.3 is 0 Å². The Morgan fingerprint density at radius 2 is 1.73 bits per heavy atom. The molecule has 1 aromatic heterocycles. The van der Waals surface area contributed by atoms with Crippen LogP contribution in [0.4, 0.5) is 5.69 Å². The van der Waals surface area contributed by atoms with E-state index in [9.17, 15) is 9.59 Å². The Labute approximate surface area is 151 Å². The average Bonchev–Trinajstić information content (AvgIpc) is 3.38. The van der Waals surface area contributed by atoms with Crippen LogP contribution in [0, 0.1) is 0 Å². The molecule has 1 aliphatic carbocycles. The van der Waals surface area contributed by atoms with Crippen LogP contribution in [0.1, 0.15) is 34.6 Å². The van der Waals surface area contributed by atoms with Crippen molar-refractivity contribution in [1.82, 2.24) is 9.55 Å². The Balaban J connectivity index is 1.49. The van der Waals surface area contributed by atoms with Gasteiger partial charge < -0.3 is 9.88 Å². The van der Waals surface area contributed by atoms with Crippen LogP contribution in [0.15, 0.2) is 67.0 Å². The van der Waals surface area contributed by atoms with Crippen molar-refractivity contribution in [2.45, 2.75) is 18.3 Å². The van der Waals surface area contributed by atoms with Crippen LogP contribution in [0.3, 0.4) is 0 Å². The number of rotatable bonds is 5. The van der Waals surface area contributed by atoms with Gasteiger partial charge in [-0.3, -0.25) is 9.59 Å². The fraction of sp³-hybridized carbons (Fsp3) is 0.190. The normalized spacial score (nSPS) is 14.7. The van der Waals surface area contributed by atoms with Crippen LogP contribution in [0.25, 0.3) is 0 Å². The topological polar surface area (TPSA) is 64.0 Å². The van der Waals surface area contributed by atoms with E-state index in [1.165, 1.54) is 0 Å². The fourth-order valence-electron chi connectivity index (χ4n) is 3.20. The molecule has 1 saturated carbocycles. The molecular weight excluding hydrogens is 326 g/mol. The summed E-state index contributed by atoms with van der Waals surface area (Å²) < 4.78 is 1.69. The molecule has 5 heteroatoms. The molecule has 0 spiro atoms. The number of imidazole rings is 1. The molecule has 1 heterocycles. The lowest BCUT2D eigenvalue weighted by molar-refractivity contribution is -0.118. The third kappa shape index (κ3) is 2.81. The summed E-state index contributed by atoms with van der Waals surface area (Å²) in [7, 11) is 1.79. The summed E-state index contributed by atoms with van der Waals surface area (Å²) in [6.45, 7) is 0. The quantitative estimate of drug-likeness (QED) is 0.722. The first-order valence-corrected chi connectivity index (χ1v) is 8.59. The summed E-state index contributed by atoms with van der Waals surface area (Å²) in [5, 5.41) is 2.98. The molecule has 2 aromatic carbocycles. The largest absolute Gasteiger partial charge is 0.331 e. The standard InChI is InChI=1S/C21H19N3O2/c1-24-14-13-22-19(24)18(25)15-7-9-17(10-8-15)23-20(26)21(11-12-21)16-5-3-2-4-6-16/h2-10,13-14H,11-12H2,1H3,(H,23,26). The molecule has 130 valence electrons. The van der Waals surface area contributed by atoms with Gasteiger partial charge in [-0.05, 0) is 42.7 Å². The maximum atomic E-state index is 12.8. The van der Waals surface area contributed by atoms with Gasteiger partial charge in [0.1, 0.15) is 0 Å². The molecule has 0 unspecified atom stereocenters. The maximum absolute atomic E-state index is 12.8. The number of anilines is 1. The Morgan fingerprint density at radius 1 is 1.04 bits per heavy atom. The molecule has 0 saturated heterocycles. The highest BCUT2D eigenvalue weighted by Crippen LogP contribution is 2.48. The van der Waals surface area contributed by atoms with Crippen molar-refractivity contribution >= 4 is 17.4 Å². The van der Waals surface area contributed by atoms with Crippen molar-refractivity contribution < 1.29 is 9.59 Å². The molecule has 5 nitrogen and oxygen atoms in total. The summed E-state index contributed by atoms with van der Waals surface area (Å²) in [6.07, 6.45) is 5.05. The molecule has 1 amide bonds. The van der Waals surface area contributed by atoms with Crippen LogP contribution in [-0.4, -0.2) is 21.2 Å². The first kappa shape index (κ1) is 16.3. The highest BCUT2D eigenvalue weighted by Gasteiger charge is 2.51.